The van der Waals surface area contributed by atoms with E-state index in [4.69, 9.17) is 34.6 Å². The van der Waals surface area contributed by atoms with Gasteiger partial charge in [-0.05, 0) is 37.5 Å². The zero-order valence-electron chi connectivity index (χ0n) is 15.4. The predicted molar refractivity (Wildman–Crippen MR) is 119 cm³/mol. The zero-order valence-corrected chi connectivity index (χ0v) is 17.8. The number of nitrogens with one attached hydrogen (secondary N) is 1. The van der Waals surface area contributed by atoms with Gasteiger partial charge in [-0.25, -0.2) is 0 Å². The lowest BCUT2D eigenvalue weighted by Crippen LogP contribution is -2.27. The largest absolute Gasteiger partial charge is 0.358 e. The second kappa shape index (κ2) is 9.06. The highest BCUT2D eigenvalue weighted by Gasteiger charge is 2.23. The van der Waals surface area contributed by atoms with Gasteiger partial charge in [0.1, 0.15) is 0 Å². The van der Waals surface area contributed by atoms with E-state index in [0.29, 0.717) is 16.5 Å². The van der Waals surface area contributed by atoms with Gasteiger partial charge in [0.2, 0.25) is 0 Å². The van der Waals surface area contributed by atoms with Gasteiger partial charge in [-0.3, -0.25) is 4.99 Å². The molecule has 0 saturated heterocycles. The number of benzene rings is 2. The van der Waals surface area contributed by atoms with Crippen LogP contribution < -0.4 is 5.32 Å². The van der Waals surface area contributed by atoms with Crippen molar-refractivity contribution in [2.75, 3.05) is 5.75 Å². The molecule has 3 rings (SSSR count). The van der Waals surface area contributed by atoms with E-state index < -0.39 is 0 Å². The van der Waals surface area contributed by atoms with Gasteiger partial charge in [-0.15, -0.1) is 12.3 Å². The summed E-state index contributed by atoms with van der Waals surface area (Å²) in [5.74, 6) is 3.61. The number of thioether (sulfide) groups is 1. The molecule has 0 amide bonds. The molecule has 0 saturated carbocycles. The Morgan fingerprint density at radius 2 is 2.00 bits per heavy atom. The molecule has 2 atom stereocenters. The van der Waals surface area contributed by atoms with Crippen LogP contribution in [-0.2, 0) is 6.42 Å². The van der Waals surface area contributed by atoms with Gasteiger partial charge < -0.3 is 5.32 Å². The summed E-state index contributed by atoms with van der Waals surface area (Å²) >= 11 is 14.5. The van der Waals surface area contributed by atoms with Crippen molar-refractivity contribution in [2.24, 2.45) is 4.99 Å². The summed E-state index contributed by atoms with van der Waals surface area (Å²) in [5.41, 5.74) is 4.74. The van der Waals surface area contributed by atoms with Crippen LogP contribution in [0.5, 0.6) is 0 Å². The molecular weight excluding hydrogens is 395 g/mol. The maximum Gasteiger partial charge on any atom is 0.157 e. The van der Waals surface area contributed by atoms with E-state index in [9.17, 15) is 0 Å². The zero-order chi connectivity index (χ0) is 19.4. The minimum Gasteiger partial charge on any atom is -0.358 e. The first-order valence-corrected chi connectivity index (χ1v) is 10.6. The van der Waals surface area contributed by atoms with Crippen LogP contribution in [0.25, 0.3) is 0 Å². The molecule has 0 bridgehead atoms. The number of aryl methyl sites for hydroxylation is 2. The van der Waals surface area contributed by atoms with E-state index in [1.54, 1.807) is 11.8 Å². The standard InChI is InChI=1S/C22H22Cl2N2S/c1-4-6-17-13-27-22(25-17)26-20(18-7-5-8-19(23)21(18)24)12-16-10-14(2)9-15(3)11-16/h1,5,7-11,17,20H,6,12-13H2,2-3H3,(H,25,26). The van der Waals surface area contributed by atoms with Crippen molar-refractivity contribution in [1.82, 2.24) is 5.32 Å². The summed E-state index contributed by atoms with van der Waals surface area (Å²) < 4.78 is 0. The molecule has 0 aromatic heterocycles. The summed E-state index contributed by atoms with van der Waals surface area (Å²) in [6, 6.07) is 12.5. The summed E-state index contributed by atoms with van der Waals surface area (Å²) in [6.07, 6.45) is 6.89. The van der Waals surface area contributed by atoms with Gasteiger partial charge in [-0.2, -0.15) is 0 Å². The minimum absolute atomic E-state index is 0.0202. The summed E-state index contributed by atoms with van der Waals surface area (Å²) in [5, 5.41) is 5.65. The van der Waals surface area contributed by atoms with Crippen LogP contribution >= 0.6 is 35.0 Å². The summed E-state index contributed by atoms with van der Waals surface area (Å²) in [7, 11) is 0. The van der Waals surface area contributed by atoms with Crippen LogP contribution in [0.2, 0.25) is 10.0 Å². The first kappa shape index (κ1) is 20.1. The molecule has 27 heavy (non-hydrogen) atoms. The van der Waals surface area contributed by atoms with Crippen molar-refractivity contribution in [3.63, 3.8) is 0 Å². The normalized spacial score (nSPS) is 17.3. The molecule has 1 aliphatic heterocycles. The lowest BCUT2D eigenvalue weighted by Gasteiger charge is -2.22. The van der Waals surface area contributed by atoms with Crippen LogP contribution in [0.1, 0.15) is 34.7 Å². The number of halogens is 2. The average Bonchev–Trinajstić information content (AvgIpc) is 3.03. The van der Waals surface area contributed by atoms with Gasteiger partial charge in [-0.1, -0.05) is 76.4 Å². The molecule has 2 unspecified atom stereocenters. The number of amidine groups is 1. The highest BCUT2D eigenvalue weighted by molar-refractivity contribution is 8.14. The summed E-state index contributed by atoms with van der Waals surface area (Å²) in [4.78, 5) is 4.72. The van der Waals surface area contributed by atoms with Crippen molar-refractivity contribution < 1.29 is 0 Å². The second-order valence-corrected chi connectivity index (χ2v) is 8.64. The fourth-order valence-electron chi connectivity index (χ4n) is 3.33. The van der Waals surface area contributed by atoms with Gasteiger partial charge in [0, 0.05) is 12.2 Å². The van der Waals surface area contributed by atoms with Gasteiger partial charge in [0.15, 0.2) is 5.17 Å². The quantitative estimate of drug-likeness (QED) is 0.606. The molecule has 0 fully saturated rings. The molecule has 5 heteroatoms. The Hall–Kier alpha value is -1.60. The smallest absolute Gasteiger partial charge is 0.157 e. The van der Waals surface area contributed by atoms with E-state index in [2.05, 4.69) is 43.3 Å². The molecule has 0 radical (unpaired) electrons. The Balaban J connectivity index is 1.90. The first-order valence-electron chi connectivity index (χ1n) is 8.88. The van der Waals surface area contributed by atoms with E-state index in [-0.39, 0.29) is 12.1 Å². The minimum atomic E-state index is -0.0202. The Morgan fingerprint density at radius 3 is 2.70 bits per heavy atom. The van der Waals surface area contributed by atoms with Gasteiger partial charge >= 0.3 is 0 Å². The van der Waals surface area contributed by atoms with Crippen molar-refractivity contribution >= 4 is 40.1 Å². The molecule has 1 N–H and O–H groups in total. The number of hydrogen-bond acceptors (Lipinski definition) is 3. The van der Waals surface area contributed by atoms with Crippen LogP contribution in [0.3, 0.4) is 0 Å². The number of terminal acetylenes is 1. The van der Waals surface area contributed by atoms with Gasteiger partial charge in [0.05, 0.1) is 22.1 Å². The Bertz CT molecular complexity index is 881. The topological polar surface area (TPSA) is 24.4 Å². The maximum atomic E-state index is 6.54. The van der Waals surface area contributed by atoms with Crippen molar-refractivity contribution in [1.29, 1.82) is 0 Å². The second-order valence-electron chi connectivity index (χ2n) is 6.85. The Morgan fingerprint density at radius 1 is 1.26 bits per heavy atom. The van der Waals surface area contributed by atoms with E-state index in [0.717, 1.165) is 22.9 Å². The Labute approximate surface area is 175 Å². The van der Waals surface area contributed by atoms with Gasteiger partial charge in [0.25, 0.3) is 0 Å². The third-order valence-corrected chi connectivity index (χ3v) is 6.32. The summed E-state index contributed by atoms with van der Waals surface area (Å²) in [6.45, 7) is 4.24. The third-order valence-electron chi connectivity index (χ3n) is 4.44. The van der Waals surface area contributed by atoms with E-state index in [1.807, 2.05) is 18.2 Å². The van der Waals surface area contributed by atoms with Crippen LogP contribution in [0, 0.1) is 26.2 Å². The fraction of sp³-hybridized carbons (Fsp3) is 0.318. The third kappa shape index (κ3) is 5.23. The number of aliphatic imine (C=N–C) groups is 1. The molecule has 1 aliphatic rings. The number of hydrogen-bond donors (Lipinski definition) is 1. The molecule has 0 spiro atoms. The lowest BCUT2D eigenvalue weighted by molar-refractivity contribution is 0.645. The first-order chi connectivity index (χ1) is 13.0. The lowest BCUT2D eigenvalue weighted by atomic mass is 9.96. The van der Waals surface area contributed by atoms with Crippen LogP contribution in [-0.4, -0.2) is 17.0 Å². The molecule has 140 valence electrons. The highest BCUT2D eigenvalue weighted by Crippen LogP contribution is 2.33. The molecule has 1 heterocycles. The fourth-order valence-corrected chi connectivity index (χ4v) is 4.77. The number of rotatable bonds is 5. The SMILES string of the molecule is C#CCC1CSC(NC(Cc2cc(C)cc(C)c2)c2cccc(Cl)c2Cl)=N1. The van der Waals surface area contributed by atoms with Crippen molar-refractivity contribution in [2.45, 2.75) is 38.8 Å². The Kier molecular flexibility index (Phi) is 6.76. The molecule has 2 nitrogen and oxygen atoms in total. The van der Waals surface area contributed by atoms with Crippen LogP contribution in [0.4, 0.5) is 0 Å². The molecular formula is C22H22Cl2N2S. The van der Waals surface area contributed by atoms with Crippen molar-refractivity contribution in [3.05, 3.63) is 68.7 Å². The monoisotopic (exact) mass is 416 g/mol. The van der Waals surface area contributed by atoms with E-state index in [1.165, 1.54) is 16.7 Å². The molecule has 2 aromatic carbocycles. The predicted octanol–water partition coefficient (Wildman–Crippen LogP) is 5.98. The maximum absolute atomic E-state index is 6.54. The number of nitrogens with zero attached hydrogens (tertiary/aromatic N) is 1. The highest BCUT2D eigenvalue weighted by atomic mass is 35.5. The average molecular weight is 417 g/mol. The molecule has 0 aliphatic carbocycles. The van der Waals surface area contributed by atoms with E-state index >= 15 is 0 Å². The van der Waals surface area contributed by atoms with Crippen LogP contribution in [0.15, 0.2) is 41.4 Å². The van der Waals surface area contributed by atoms with Crippen molar-refractivity contribution in [3.8, 4) is 12.3 Å². The molecule has 2 aromatic rings.